The summed E-state index contributed by atoms with van der Waals surface area (Å²) in [6, 6.07) is 5.57. The molecule has 1 aromatic carbocycles. The Morgan fingerprint density at radius 2 is 2.11 bits per heavy atom. The van der Waals surface area contributed by atoms with Crippen LogP contribution in [0.15, 0.2) is 18.2 Å². The molecule has 0 aliphatic carbocycles. The van der Waals surface area contributed by atoms with Crippen LogP contribution in [0.25, 0.3) is 0 Å². The van der Waals surface area contributed by atoms with Gasteiger partial charge in [-0.05, 0) is 57.7 Å². The molecule has 4 nitrogen and oxygen atoms in total. The molecule has 1 rings (SSSR count). The van der Waals surface area contributed by atoms with E-state index in [1.165, 1.54) is 0 Å². The van der Waals surface area contributed by atoms with Gasteiger partial charge in [0.25, 0.3) is 0 Å². The first-order chi connectivity index (χ1) is 8.99. The lowest BCUT2D eigenvalue weighted by molar-refractivity contribution is -0.119. The van der Waals surface area contributed by atoms with Crippen molar-refractivity contribution < 1.29 is 4.79 Å². The van der Waals surface area contributed by atoms with Gasteiger partial charge in [0.15, 0.2) is 0 Å². The van der Waals surface area contributed by atoms with Crippen LogP contribution >= 0.6 is 11.6 Å². The molecule has 0 fully saturated rings. The van der Waals surface area contributed by atoms with E-state index in [0.29, 0.717) is 11.6 Å². The Labute approximate surface area is 120 Å². The van der Waals surface area contributed by atoms with E-state index in [4.69, 9.17) is 11.6 Å². The quantitative estimate of drug-likeness (QED) is 0.754. The zero-order valence-electron chi connectivity index (χ0n) is 11.8. The molecule has 0 spiro atoms. The molecule has 2 N–H and O–H groups in total. The molecule has 0 aromatic heterocycles. The summed E-state index contributed by atoms with van der Waals surface area (Å²) in [5.41, 5.74) is 1.97. The topological polar surface area (TPSA) is 44.4 Å². The van der Waals surface area contributed by atoms with E-state index < -0.39 is 0 Å². The Morgan fingerprint density at radius 3 is 2.74 bits per heavy atom. The fourth-order valence-corrected chi connectivity index (χ4v) is 1.91. The second-order valence-corrected chi connectivity index (χ2v) is 5.26. The van der Waals surface area contributed by atoms with E-state index in [2.05, 4.69) is 15.5 Å². The number of hydrogen-bond donors (Lipinski definition) is 2. The molecule has 0 unspecified atom stereocenters. The van der Waals surface area contributed by atoms with Crippen LogP contribution in [0.2, 0.25) is 5.02 Å². The fraction of sp³-hybridized carbons (Fsp3) is 0.500. The van der Waals surface area contributed by atoms with Gasteiger partial charge in [0.05, 0.1) is 6.54 Å². The Bertz CT molecular complexity index is 421. The van der Waals surface area contributed by atoms with E-state index in [1.807, 2.05) is 39.2 Å². The molecule has 0 atom stereocenters. The number of anilines is 1. The molecule has 0 aliphatic heterocycles. The van der Waals surface area contributed by atoms with Gasteiger partial charge in [-0.3, -0.25) is 4.79 Å². The summed E-state index contributed by atoms with van der Waals surface area (Å²) < 4.78 is 0. The molecule has 1 amide bonds. The summed E-state index contributed by atoms with van der Waals surface area (Å²) in [6.45, 7) is 3.93. The summed E-state index contributed by atoms with van der Waals surface area (Å²) >= 11 is 5.88. The van der Waals surface area contributed by atoms with E-state index in [0.717, 1.165) is 24.2 Å². The number of carbonyl (C=O) groups excluding carboxylic acids is 1. The van der Waals surface area contributed by atoms with Crippen molar-refractivity contribution in [3.05, 3.63) is 28.8 Å². The van der Waals surface area contributed by atoms with Gasteiger partial charge in [0.2, 0.25) is 5.91 Å². The van der Waals surface area contributed by atoms with Crippen molar-refractivity contribution in [1.82, 2.24) is 10.2 Å². The van der Waals surface area contributed by atoms with Crippen molar-refractivity contribution in [2.75, 3.05) is 39.0 Å². The van der Waals surface area contributed by atoms with Gasteiger partial charge < -0.3 is 15.5 Å². The Hall–Kier alpha value is -1.26. The second-order valence-electron chi connectivity index (χ2n) is 4.82. The van der Waals surface area contributed by atoms with Crippen LogP contribution in [0.1, 0.15) is 12.0 Å². The lowest BCUT2D eigenvalue weighted by Gasteiger charge is -2.11. The first-order valence-electron chi connectivity index (χ1n) is 6.40. The lowest BCUT2D eigenvalue weighted by Crippen LogP contribution is -2.32. The van der Waals surface area contributed by atoms with E-state index in [1.54, 1.807) is 0 Å². The normalized spacial score (nSPS) is 10.6. The number of nitrogens with one attached hydrogen (secondary N) is 2. The highest BCUT2D eigenvalue weighted by molar-refractivity contribution is 6.30. The highest BCUT2D eigenvalue weighted by Gasteiger charge is 2.03. The van der Waals surface area contributed by atoms with E-state index in [9.17, 15) is 4.79 Å². The highest BCUT2D eigenvalue weighted by Crippen LogP contribution is 2.19. The Kier molecular flexibility index (Phi) is 6.67. The molecule has 106 valence electrons. The number of nitrogens with zero attached hydrogens (tertiary/aromatic N) is 1. The molecule has 0 saturated carbocycles. The van der Waals surface area contributed by atoms with Crippen molar-refractivity contribution in [1.29, 1.82) is 0 Å². The molecule has 0 aliphatic rings. The van der Waals surface area contributed by atoms with Crippen molar-refractivity contribution in [2.24, 2.45) is 0 Å². The smallest absolute Gasteiger partial charge is 0.239 e. The first kappa shape index (κ1) is 15.8. The maximum absolute atomic E-state index is 11.6. The summed E-state index contributed by atoms with van der Waals surface area (Å²) in [4.78, 5) is 13.7. The van der Waals surface area contributed by atoms with Crippen molar-refractivity contribution in [2.45, 2.75) is 13.3 Å². The number of benzene rings is 1. The standard InChI is InChI=1S/C14H22ClN3O/c1-11-9-12(15)5-6-13(11)17-10-14(19)16-7-4-8-18(2)3/h5-6,9,17H,4,7-8,10H2,1-3H3,(H,16,19). The summed E-state index contributed by atoms with van der Waals surface area (Å²) in [6.07, 6.45) is 0.957. The third-order valence-corrected chi connectivity index (χ3v) is 2.97. The van der Waals surface area contributed by atoms with E-state index in [-0.39, 0.29) is 12.5 Å². The minimum atomic E-state index is 0.00751. The molecule has 0 saturated heterocycles. The van der Waals surface area contributed by atoms with E-state index >= 15 is 0 Å². The number of halogens is 1. The minimum absolute atomic E-state index is 0.00751. The summed E-state index contributed by atoms with van der Waals surface area (Å²) in [5, 5.41) is 6.70. The third kappa shape index (κ3) is 6.45. The van der Waals surface area contributed by atoms with Crippen molar-refractivity contribution in [3.63, 3.8) is 0 Å². The fourth-order valence-electron chi connectivity index (χ4n) is 1.69. The summed E-state index contributed by atoms with van der Waals surface area (Å²) in [5.74, 6) is 0.00751. The van der Waals surface area contributed by atoms with Gasteiger partial charge in [-0.25, -0.2) is 0 Å². The molecule has 1 aromatic rings. The third-order valence-electron chi connectivity index (χ3n) is 2.73. The number of hydrogen-bond acceptors (Lipinski definition) is 3. The number of amides is 1. The monoisotopic (exact) mass is 283 g/mol. The van der Waals surface area contributed by atoms with Gasteiger partial charge in [-0.2, -0.15) is 0 Å². The molecule has 0 heterocycles. The van der Waals surface area contributed by atoms with Gasteiger partial charge >= 0.3 is 0 Å². The Morgan fingerprint density at radius 1 is 1.37 bits per heavy atom. The van der Waals surface area contributed by atoms with Crippen LogP contribution in [0.5, 0.6) is 0 Å². The first-order valence-corrected chi connectivity index (χ1v) is 6.78. The van der Waals surface area contributed by atoms with Crippen molar-refractivity contribution in [3.8, 4) is 0 Å². The Balaban J connectivity index is 2.26. The van der Waals surface area contributed by atoms with Crippen LogP contribution < -0.4 is 10.6 Å². The predicted molar refractivity (Wildman–Crippen MR) is 80.9 cm³/mol. The maximum atomic E-state index is 11.6. The van der Waals surface area contributed by atoms with Crippen molar-refractivity contribution >= 4 is 23.2 Å². The molecular weight excluding hydrogens is 262 g/mol. The zero-order chi connectivity index (χ0) is 14.3. The molecule has 19 heavy (non-hydrogen) atoms. The van der Waals surface area contributed by atoms with Crippen LogP contribution in [0.3, 0.4) is 0 Å². The highest BCUT2D eigenvalue weighted by atomic mass is 35.5. The lowest BCUT2D eigenvalue weighted by atomic mass is 10.2. The van der Waals surface area contributed by atoms with Gasteiger partial charge in [-0.15, -0.1) is 0 Å². The predicted octanol–water partition coefficient (Wildman–Crippen LogP) is 2.13. The minimum Gasteiger partial charge on any atom is -0.376 e. The molecular formula is C14H22ClN3O. The van der Waals surface area contributed by atoms with Crippen LogP contribution in [0, 0.1) is 6.92 Å². The number of carbonyl (C=O) groups is 1. The van der Waals surface area contributed by atoms with Crippen LogP contribution in [-0.2, 0) is 4.79 Å². The largest absolute Gasteiger partial charge is 0.376 e. The SMILES string of the molecule is Cc1cc(Cl)ccc1NCC(=O)NCCCN(C)C. The van der Waals surface area contributed by atoms with Crippen LogP contribution in [-0.4, -0.2) is 44.5 Å². The molecule has 0 radical (unpaired) electrons. The average molecular weight is 284 g/mol. The molecule has 5 heteroatoms. The second kappa shape index (κ2) is 8.02. The number of aryl methyl sites for hydroxylation is 1. The van der Waals surface area contributed by atoms with Gasteiger partial charge in [-0.1, -0.05) is 11.6 Å². The number of rotatable bonds is 7. The van der Waals surface area contributed by atoms with Gasteiger partial charge in [0.1, 0.15) is 0 Å². The van der Waals surface area contributed by atoms with Gasteiger partial charge in [0, 0.05) is 17.3 Å². The average Bonchev–Trinajstić information content (AvgIpc) is 2.33. The van der Waals surface area contributed by atoms with Crippen LogP contribution in [0.4, 0.5) is 5.69 Å². The molecule has 0 bridgehead atoms. The summed E-state index contributed by atoms with van der Waals surface area (Å²) in [7, 11) is 4.04. The zero-order valence-corrected chi connectivity index (χ0v) is 12.5. The maximum Gasteiger partial charge on any atom is 0.239 e.